The number of hydrogen-bond acceptors (Lipinski definition) is 3. The predicted octanol–water partition coefficient (Wildman–Crippen LogP) is 4.18. The Kier molecular flexibility index (Phi) is 2.50. The van der Waals surface area contributed by atoms with Crippen LogP contribution in [-0.2, 0) is 0 Å². The van der Waals surface area contributed by atoms with Gasteiger partial charge in [-0.25, -0.2) is 4.98 Å². The lowest BCUT2D eigenvalue weighted by Crippen LogP contribution is -1.77. The Morgan fingerprint density at radius 2 is 2.00 bits per heavy atom. The highest BCUT2D eigenvalue weighted by molar-refractivity contribution is 6.42. The second-order valence-electron chi connectivity index (χ2n) is 3.33. The summed E-state index contributed by atoms with van der Waals surface area (Å²) < 4.78 is 5.51. The van der Waals surface area contributed by atoms with Gasteiger partial charge in [0.1, 0.15) is 15.7 Å². The van der Waals surface area contributed by atoms with Crippen LogP contribution in [0.25, 0.3) is 22.7 Å². The number of nitrogens with one attached hydrogen (secondary N) is 1. The van der Waals surface area contributed by atoms with E-state index < -0.39 is 0 Å². The molecule has 0 aliphatic carbocycles. The molecule has 0 fully saturated rings. The third-order valence-corrected chi connectivity index (χ3v) is 3.19. The van der Waals surface area contributed by atoms with Crippen LogP contribution >= 0.6 is 34.8 Å². The van der Waals surface area contributed by atoms with Crippen molar-refractivity contribution in [3.8, 4) is 11.6 Å². The van der Waals surface area contributed by atoms with Crippen LogP contribution in [0.2, 0.25) is 15.2 Å². The topological polar surface area (TPSA) is 54.7 Å². The molecule has 0 aliphatic rings. The number of nitrogens with zero attached hydrogens (tertiary/aromatic N) is 2. The predicted molar refractivity (Wildman–Crippen MR) is 66.6 cm³/mol. The molecule has 0 aliphatic heterocycles. The van der Waals surface area contributed by atoms with Gasteiger partial charge in [0.05, 0.1) is 0 Å². The minimum absolute atomic E-state index is 0.252. The fourth-order valence-corrected chi connectivity index (χ4v) is 1.91. The normalized spacial score (nSPS) is 11.2. The summed E-state index contributed by atoms with van der Waals surface area (Å²) in [7, 11) is 0. The lowest BCUT2D eigenvalue weighted by atomic mass is 10.3. The third kappa shape index (κ3) is 1.78. The highest BCUT2D eigenvalue weighted by atomic mass is 35.5. The van der Waals surface area contributed by atoms with Gasteiger partial charge < -0.3 is 4.42 Å². The van der Waals surface area contributed by atoms with Crippen molar-refractivity contribution in [3.05, 3.63) is 33.4 Å². The van der Waals surface area contributed by atoms with Crippen LogP contribution in [-0.4, -0.2) is 15.2 Å². The summed E-state index contributed by atoms with van der Waals surface area (Å²) in [5, 5.41) is 7.59. The van der Waals surface area contributed by atoms with Gasteiger partial charge in [0.15, 0.2) is 11.3 Å². The first-order chi connectivity index (χ1) is 8.15. The van der Waals surface area contributed by atoms with Gasteiger partial charge in [-0.1, -0.05) is 34.8 Å². The average molecular weight is 289 g/mol. The number of oxazole rings is 1. The monoisotopic (exact) mass is 287 g/mol. The van der Waals surface area contributed by atoms with E-state index in [1.807, 2.05) is 0 Å². The SMILES string of the molecule is Clc1ccc2oc(-c3n[nH]c(Cl)c3Cl)nc2c1. The Bertz CT molecular complexity index is 704. The number of hydrogen-bond donors (Lipinski definition) is 1. The minimum Gasteiger partial charge on any atom is -0.435 e. The Balaban J connectivity index is 2.21. The van der Waals surface area contributed by atoms with Crippen LogP contribution in [0.3, 0.4) is 0 Å². The molecule has 0 unspecified atom stereocenters. The van der Waals surface area contributed by atoms with E-state index in [9.17, 15) is 0 Å². The van der Waals surface area contributed by atoms with E-state index in [-0.39, 0.29) is 10.2 Å². The Labute approximate surface area is 110 Å². The first-order valence-corrected chi connectivity index (χ1v) is 5.74. The largest absolute Gasteiger partial charge is 0.435 e. The maximum absolute atomic E-state index is 5.95. The number of aromatic nitrogens is 3. The van der Waals surface area contributed by atoms with Crippen LogP contribution in [0.4, 0.5) is 0 Å². The maximum Gasteiger partial charge on any atom is 0.249 e. The molecule has 4 nitrogen and oxygen atoms in total. The molecule has 3 rings (SSSR count). The van der Waals surface area contributed by atoms with Crippen LogP contribution in [0, 0.1) is 0 Å². The molecule has 2 aromatic heterocycles. The van der Waals surface area contributed by atoms with Crippen molar-refractivity contribution in [2.24, 2.45) is 0 Å². The van der Waals surface area contributed by atoms with Gasteiger partial charge >= 0.3 is 0 Å². The first-order valence-electron chi connectivity index (χ1n) is 4.61. The molecule has 17 heavy (non-hydrogen) atoms. The zero-order chi connectivity index (χ0) is 12.0. The second kappa shape index (κ2) is 3.91. The Morgan fingerprint density at radius 3 is 2.71 bits per heavy atom. The van der Waals surface area contributed by atoms with E-state index >= 15 is 0 Å². The number of aromatic amines is 1. The van der Waals surface area contributed by atoms with Gasteiger partial charge in [-0.15, -0.1) is 0 Å². The highest BCUT2D eigenvalue weighted by Crippen LogP contribution is 2.32. The highest BCUT2D eigenvalue weighted by Gasteiger charge is 2.17. The van der Waals surface area contributed by atoms with E-state index in [1.165, 1.54) is 0 Å². The molecular weight excluding hydrogens is 284 g/mol. The van der Waals surface area contributed by atoms with Crippen molar-refractivity contribution < 1.29 is 4.42 Å². The van der Waals surface area contributed by atoms with Crippen molar-refractivity contribution in [1.29, 1.82) is 0 Å². The van der Waals surface area contributed by atoms with Crippen LogP contribution in [0.15, 0.2) is 22.6 Å². The van der Waals surface area contributed by atoms with E-state index in [2.05, 4.69) is 15.2 Å². The summed E-state index contributed by atoms with van der Waals surface area (Å²) in [5.74, 6) is 0.301. The summed E-state index contributed by atoms with van der Waals surface area (Å²) in [6, 6.07) is 5.15. The summed E-state index contributed by atoms with van der Waals surface area (Å²) in [6.07, 6.45) is 0. The van der Waals surface area contributed by atoms with Gasteiger partial charge in [0, 0.05) is 5.02 Å². The Hall–Kier alpha value is -1.23. The number of rotatable bonds is 1. The molecule has 0 saturated heterocycles. The van der Waals surface area contributed by atoms with Crippen molar-refractivity contribution in [1.82, 2.24) is 15.2 Å². The molecule has 7 heteroatoms. The van der Waals surface area contributed by atoms with Gasteiger partial charge in [0.25, 0.3) is 0 Å². The summed E-state index contributed by atoms with van der Waals surface area (Å²) in [6.45, 7) is 0. The standard InChI is InChI=1S/C10H4Cl3N3O/c11-4-1-2-6-5(3-4)14-10(17-6)8-7(12)9(13)16-15-8/h1-3H,(H,15,16). The molecule has 0 saturated carbocycles. The lowest BCUT2D eigenvalue weighted by molar-refractivity contribution is 0.616. The van der Waals surface area contributed by atoms with Crippen LogP contribution < -0.4 is 0 Å². The molecule has 0 amide bonds. The smallest absolute Gasteiger partial charge is 0.249 e. The molecule has 2 heterocycles. The zero-order valence-corrected chi connectivity index (χ0v) is 10.4. The molecule has 1 aromatic carbocycles. The molecular formula is C10H4Cl3N3O. The molecule has 0 spiro atoms. The first kappa shape index (κ1) is 10.9. The number of benzene rings is 1. The summed E-state index contributed by atoms with van der Waals surface area (Å²) >= 11 is 17.6. The van der Waals surface area contributed by atoms with Crippen molar-refractivity contribution in [2.75, 3.05) is 0 Å². The van der Waals surface area contributed by atoms with Gasteiger partial charge in [-0.05, 0) is 18.2 Å². The average Bonchev–Trinajstić information content (AvgIpc) is 2.83. The van der Waals surface area contributed by atoms with Crippen molar-refractivity contribution >= 4 is 45.9 Å². The third-order valence-electron chi connectivity index (χ3n) is 2.22. The van der Waals surface area contributed by atoms with Crippen LogP contribution in [0.1, 0.15) is 0 Å². The van der Waals surface area contributed by atoms with E-state index in [0.29, 0.717) is 27.7 Å². The second-order valence-corrected chi connectivity index (χ2v) is 4.52. The molecule has 1 N–H and O–H groups in total. The van der Waals surface area contributed by atoms with Crippen molar-refractivity contribution in [3.63, 3.8) is 0 Å². The molecule has 86 valence electrons. The minimum atomic E-state index is 0.252. The molecule has 3 aromatic rings. The molecule has 0 radical (unpaired) electrons. The quantitative estimate of drug-likeness (QED) is 0.731. The number of H-pyrrole nitrogens is 1. The number of fused-ring (bicyclic) bond motifs is 1. The van der Waals surface area contributed by atoms with E-state index in [1.54, 1.807) is 18.2 Å². The van der Waals surface area contributed by atoms with Gasteiger partial charge in [-0.2, -0.15) is 5.10 Å². The molecule has 0 bridgehead atoms. The van der Waals surface area contributed by atoms with Crippen LogP contribution in [0.5, 0.6) is 0 Å². The summed E-state index contributed by atoms with van der Waals surface area (Å²) in [4.78, 5) is 4.24. The van der Waals surface area contributed by atoms with E-state index in [4.69, 9.17) is 39.2 Å². The zero-order valence-electron chi connectivity index (χ0n) is 8.17. The number of halogens is 3. The van der Waals surface area contributed by atoms with Crippen molar-refractivity contribution in [2.45, 2.75) is 0 Å². The fourth-order valence-electron chi connectivity index (χ4n) is 1.45. The van der Waals surface area contributed by atoms with Gasteiger partial charge in [0.2, 0.25) is 5.89 Å². The van der Waals surface area contributed by atoms with E-state index in [0.717, 1.165) is 0 Å². The lowest BCUT2D eigenvalue weighted by Gasteiger charge is -1.87. The maximum atomic E-state index is 5.95. The Morgan fingerprint density at radius 1 is 1.18 bits per heavy atom. The fraction of sp³-hybridized carbons (Fsp3) is 0. The summed E-state index contributed by atoms with van der Waals surface area (Å²) in [5.41, 5.74) is 1.63. The molecule has 0 atom stereocenters. The van der Waals surface area contributed by atoms with Gasteiger partial charge in [-0.3, -0.25) is 5.10 Å².